The summed E-state index contributed by atoms with van der Waals surface area (Å²) in [7, 11) is 1.98. The quantitative estimate of drug-likeness (QED) is 0.356. The van der Waals surface area contributed by atoms with E-state index in [1.165, 1.54) is 0 Å². The van der Waals surface area contributed by atoms with E-state index in [0.29, 0.717) is 17.8 Å². The van der Waals surface area contributed by atoms with E-state index >= 15 is 0 Å². The van der Waals surface area contributed by atoms with Crippen molar-refractivity contribution in [3.05, 3.63) is 17.8 Å². The predicted octanol–water partition coefficient (Wildman–Crippen LogP) is 3.78. The maximum atomic E-state index is 5.76. The Hall–Kier alpha value is -1.14. The highest BCUT2D eigenvalue weighted by molar-refractivity contribution is 9.08. The van der Waals surface area contributed by atoms with Gasteiger partial charge in [-0.1, -0.05) is 22.9 Å². The molecule has 1 aromatic rings. The molecule has 22 heavy (non-hydrogen) atoms. The third-order valence-electron chi connectivity index (χ3n) is 3.02. The molecule has 0 fully saturated rings. The van der Waals surface area contributed by atoms with Crippen molar-refractivity contribution in [1.29, 1.82) is 0 Å². The zero-order chi connectivity index (χ0) is 16.4. The average Bonchev–Trinajstić information content (AvgIpc) is 2.55. The zero-order valence-corrected chi connectivity index (χ0v) is 15.5. The number of hydrogen-bond acceptors (Lipinski definition) is 4. The van der Waals surface area contributed by atoms with Gasteiger partial charge in [-0.3, -0.25) is 0 Å². The SMILES string of the molecule is CCCOC(C)COc1ncc(N=CN(C)CC)cc1CBr. The molecule has 0 saturated heterocycles. The molecule has 0 aliphatic rings. The lowest BCUT2D eigenvalue weighted by Crippen LogP contribution is -2.19. The highest BCUT2D eigenvalue weighted by Gasteiger charge is 2.09. The lowest BCUT2D eigenvalue weighted by atomic mass is 10.3. The van der Waals surface area contributed by atoms with Gasteiger partial charge in [0.2, 0.25) is 5.88 Å². The van der Waals surface area contributed by atoms with Crippen molar-refractivity contribution < 1.29 is 9.47 Å². The van der Waals surface area contributed by atoms with Gasteiger partial charge in [-0.15, -0.1) is 0 Å². The Kier molecular flexibility index (Phi) is 9.08. The molecule has 0 aliphatic carbocycles. The molecule has 1 atom stereocenters. The summed E-state index contributed by atoms with van der Waals surface area (Å²) in [6, 6.07) is 1.98. The predicted molar refractivity (Wildman–Crippen MR) is 94.5 cm³/mol. The van der Waals surface area contributed by atoms with Gasteiger partial charge in [0.15, 0.2) is 0 Å². The molecule has 0 aliphatic heterocycles. The van der Waals surface area contributed by atoms with Crippen LogP contribution in [0.1, 0.15) is 32.8 Å². The van der Waals surface area contributed by atoms with E-state index in [1.54, 1.807) is 12.5 Å². The van der Waals surface area contributed by atoms with E-state index in [1.807, 2.05) is 24.9 Å². The minimum atomic E-state index is 0.0563. The second-order valence-electron chi connectivity index (χ2n) is 5.10. The second kappa shape index (κ2) is 10.6. The number of aliphatic imine (C=N–C) groups is 1. The van der Waals surface area contributed by atoms with Crippen molar-refractivity contribution in [1.82, 2.24) is 9.88 Å². The minimum absolute atomic E-state index is 0.0563. The van der Waals surface area contributed by atoms with Crippen LogP contribution in [-0.2, 0) is 10.1 Å². The van der Waals surface area contributed by atoms with E-state index in [9.17, 15) is 0 Å². The Morgan fingerprint density at radius 2 is 2.23 bits per heavy atom. The van der Waals surface area contributed by atoms with Crippen LogP contribution in [0.4, 0.5) is 5.69 Å². The van der Waals surface area contributed by atoms with Crippen LogP contribution in [0.3, 0.4) is 0 Å². The van der Waals surface area contributed by atoms with Crippen molar-refractivity contribution in [2.45, 2.75) is 38.6 Å². The van der Waals surface area contributed by atoms with Crippen LogP contribution in [0, 0.1) is 0 Å². The summed E-state index contributed by atoms with van der Waals surface area (Å²) in [5, 5.41) is 0.673. The number of ether oxygens (including phenoxy) is 2. The molecule has 0 N–H and O–H groups in total. The number of halogens is 1. The standard InChI is InChI=1S/C16H26BrN3O2/c1-5-7-21-13(3)11-22-16-14(9-17)8-15(10-18-16)19-12-20(4)6-2/h8,10,12-13H,5-7,9,11H2,1-4H3. The van der Waals surface area contributed by atoms with Crippen molar-refractivity contribution in [3.8, 4) is 5.88 Å². The van der Waals surface area contributed by atoms with Crippen LogP contribution in [0.5, 0.6) is 5.88 Å². The van der Waals surface area contributed by atoms with Gasteiger partial charge in [0.05, 0.1) is 24.3 Å². The van der Waals surface area contributed by atoms with Crippen molar-refractivity contribution in [2.24, 2.45) is 4.99 Å². The highest BCUT2D eigenvalue weighted by Crippen LogP contribution is 2.23. The lowest BCUT2D eigenvalue weighted by molar-refractivity contribution is 0.0313. The van der Waals surface area contributed by atoms with E-state index in [2.05, 4.69) is 39.8 Å². The van der Waals surface area contributed by atoms with Crippen LogP contribution in [0.25, 0.3) is 0 Å². The van der Waals surface area contributed by atoms with Crippen LogP contribution < -0.4 is 4.74 Å². The van der Waals surface area contributed by atoms with E-state index < -0.39 is 0 Å². The minimum Gasteiger partial charge on any atom is -0.475 e. The Labute approximate surface area is 141 Å². The van der Waals surface area contributed by atoms with Gasteiger partial charge in [-0.05, 0) is 26.3 Å². The lowest BCUT2D eigenvalue weighted by Gasteiger charge is -2.15. The second-order valence-corrected chi connectivity index (χ2v) is 5.66. The molecule has 1 aromatic heterocycles. The number of nitrogens with zero attached hydrogens (tertiary/aromatic N) is 3. The topological polar surface area (TPSA) is 47.0 Å². The number of rotatable bonds is 10. The van der Waals surface area contributed by atoms with Gasteiger partial charge in [-0.2, -0.15) is 0 Å². The Balaban J connectivity index is 2.66. The highest BCUT2D eigenvalue weighted by atomic mass is 79.9. The normalized spacial score (nSPS) is 12.6. The molecule has 6 heteroatoms. The first-order valence-corrected chi connectivity index (χ1v) is 8.76. The van der Waals surface area contributed by atoms with Crippen molar-refractivity contribution in [2.75, 3.05) is 26.8 Å². The van der Waals surface area contributed by atoms with Gasteiger partial charge in [0.25, 0.3) is 0 Å². The number of aromatic nitrogens is 1. The average molecular weight is 372 g/mol. The maximum absolute atomic E-state index is 5.76. The first-order chi connectivity index (χ1) is 10.6. The van der Waals surface area contributed by atoms with Crippen molar-refractivity contribution in [3.63, 3.8) is 0 Å². The Bertz CT molecular complexity index is 469. The summed E-state index contributed by atoms with van der Waals surface area (Å²) in [5.74, 6) is 0.631. The smallest absolute Gasteiger partial charge is 0.217 e. The van der Waals surface area contributed by atoms with E-state index in [0.717, 1.165) is 30.8 Å². The molecule has 0 radical (unpaired) electrons. The molecule has 0 saturated carbocycles. The fourth-order valence-corrected chi connectivity index (χ4v) is 1.99. The Morgan fingerprint density at radius 3 is 2.86 bits per heavy atom. The molecule has 0 aromatic carbocycles. The zero-order valence-electron chi connectivity index (χ0n) is 13.9. The first-order valence-electron chi connectivity index (χ1n) is 7.64. The van der Waals surface area contributed by atoms with Gasteiger partial charge < -0.3 is 14.4 Å². The summed E-state index contributed by atoms with van der Waals surface area (Å²) in [6.45, 7) is 8.33. The van der Waals surface area contributed by atoms with Crippen LogP contribution in [0.15, 0.2) is 17.3 Å². The van der Waals surface area contributed by atoms with Crippen LogP contribution in [-0.4, -0.2) is 49.1 Å². The van der Waals surface area contributed by atoms with Gasteiger partial charge >= 0.3 is 0 Å². The first kappa shape index (κ1) is 18.9. The molecule has 5 nitrogen and oxygen atoms in total. The fraction of sp³-hybridized carbons (Fsp3) is 0.625. The fourth-order valence-electron chi connectivity index (χ4n) is 1.59. The van der Waals surface area contributed by atoms with Crippen LogP contribution in [0.2, 0.25) is 0 Å². The molecule has 1 heterocycles. The number of alkyl halides is 1. The van der Waals surface area contributed by atoms with Gasteiger partial charge in [-0.25, -0.2) is 9.98 Å². The summed E-state index contributed by atoms with van der Waals surface area (Å²) in [5.41, 5.74) is 1.80. The molecule has 124 valence electrons. The molecule has 1 rings (SSSR count). The maximum Gasteiger partial charge on any atom is 0.217 e. The largest absolute Gasteiger partial charge is 0.475 e. The molecule has 0 spiro atoms. The molecular weight excluding hydrogens is 346 g/mol. The van der Waals surface area contributed by atoms with Gasteiger partial charge in [0, 0.05) is 31.1 Å². The van der Waals surface area contributed by atoms with E-state index in [-0.39, 0.29) is 6.10 Å². The third-order valence-corrected chi connectivity index (χ3v) is 3.62. The summed E-state index contributed by atoms with van der Waals surface area (Å²) < 4.78 is 11.4. The van der Waals surface area contributed by atoms with Gasteiger partial charge in [0.1, 0.15) is 6.61 Å². The third kappa shape index (κ3) is 6.75. The van der Waals surface area contributed by atoms with Crippen molar-refractivity contribution >= 4 is 28.0 Å². The van der Waals surface area contributed by atoms with Crippen LogP contribution >= 0.6 is 15.9 Å². The number of hydrogen-bond donors (Lipinski definition) is 0. The summed E-state index contributed by atoms with van der Waals surface area (Å²) in [4.78, 5) is 10.8. The molecule has 0 amide bonds. The molecule has 1 unspecified atom stereocenters. The molecular formula is C16H26BrN3O2. The summed E-state index contributed by atoms with van der Waals surface area (Å²) >= 11 is 3.47. The molecule has 0 bridgehead atoms. The Morgan fingerprint density at radius 1 is 1.45 bits per heavy atom. The monoisotopic (exact) mass is 371 g/mol. The number of pyridine rings is 1. The van der Waals surface area contributed by atoms with E-state index in [4.69, 9.17) is 9.47 Å². The summed E-state index contributed by atoms with van der Waals surface area (Å²) in [6.07, 6.45) is 4.59.